The van der Waals surface area contributed by atoms with Crippen LogP contribution in [0.25, 0.3) is 0 Å². The molecule has 0 amide bonds. The summed E-state index contributed by atoms with van der Waals surface area (Å²) >= 11 is 0. The fourth-order valence-electron chi connectivity index (χ4n) is 2.68. The predicted molar refractivity (Wildman–Crippen MR) is 117 cm³/mol. The molecule has 0 aromatic carbocycles. The Hall–Kier alpha value is 0.120. The van der Waals surface area contributed by atoms with E-state index in [0.29, 0.717) is 6.42 Å². The van der Waals surface area contributed by atoms with Crippen molar-refractivity contribution < 1.29 is 22.5 Å². The van der Waals surface area contributed by atoms with E-state index in [1.165, 1.54) is 51.9 Å². The third kappa shape index (κ3) is 18.2. The van der Waals surface area contributed by atoms with Gasteiger partial charge in [-0.15, -0.1) is 0 Å². The maximum absolute atomic E-state index is 11.5. The number of carbonyl (C=O) groups is 1. The topological polar surface area (TPSA) is 80.7 Å². The first-order chi connectivity index (χ1) is 12.9. The molecular formula is C21H40NaO5S. The fourth-order valence-corrected chi connectivity index (χ4v) is 3.37. The molecule has 0 rings (SSSR count). The number of unbranched alkanes of at least 4 members (excludes halogenated alkanes) is 11. The van der Waals surface area contributed by atoms with E-state index in [0.717, 1.165) is 32.1 Å². The number of hydrogen-bond acceptors (Lipinski definition) is 5. The molecule has 28 heavy (non-hydrogen) atoms. The SMILES string of the molecule is CCCCCCCC/C=C\CCCCCCCC(=O)OS(=O)(=O)C(C)CO.[Na]. The van der Waals surface area contributed by atoms with E-state index < -0.39 is 27.9 Å². The van der Waals surface area contributed by atoms with Crippen LogP contribution in [0.1, 0.15) is 104 Å². The van der Waals surface area contributed by atoms with Crippen molar-refractivity contribution >= 4 is 45.6 Å². The summed E-state index contributed by atoms with van der Waals surface area (Å²) in [4.78, 5) is 11.5. The quantitative estimate of drug-likeness (QED) is 0.146. The monoisotopic (exact) mass is 427 g/mol. The van der Waals surface area contributed by atoms with Gasteiger partial charge in [0, 0.05) is 36.0 Å². The van der Waals surface area contributed by atoms with E-state index in [4.69, 9.17) is 5.11 Å². The summed E-state index contributed by atoms with van der Waals surface area (Å²) in [7, 11) is -3.99. The van der Waals surface area contributed by atoms with Gasteiger partial charge < -0.3 is 9.29 Å². The van der Waals surface area contributed by atoms with Gasteiger partial charge in [0.25, 0.3) is 0 Å². The first-order valence-corrected chi connectivity index (χ1v) is 12.1. The van der Waals surface area contributed by atoms with Crippen molar-refractivity contribution in [3.8, 4) is 0 Å². The summed E-state index contributed by atoms with van der Waals surface area (Å²) in [5, 5.41) is 7.75. The minimum absolute atomic E-state index is 0. The van der Waals surface area contributed by atoms with Gasteiger partial charge in [-0.25, -0.2) is 0 Å². The standard InChI is InChI=1S/C21H40O5S.Na/c1-3-4-5-6-7-8-9-10-11-12-13-14-15-16-17-18-21(23)26-27(24,25)20(2)19-22;/h10-11,20,22H,3-9,12-19H2,1-2H3;/b11-10-;. The van der Waals surface area contributed by atoms with E-state index in [-0.39, 0.29) is 36.0 Å². The molecule has 1 atom stereocenters. The molecule has 0 saturated heterocycles. The molecule has 0 fully saturated rings. The number of allylic oxidation sites excluding steroid dienone is 2. The Morgan fingerprint density at radius 3 is 1.86 bits per heavy atom. The van der Waals surface area contributed by atoms with Crippen LogP contribution >= 0.6 is 0 Å². The maximum Gasteiger partial charge on any atom is 0.322 e. The van der Waals surface area contributed by atoms with Crippen molar-refractivity contribution in [1.29, 1.82) is 0 Å². The van der Waals surface area contributed by atoms with Crippen molar-refractivity contribution in [2.75, 3.05) is 6.61 Å². The van der Waals surface area contributed by atoms with E-state index in [1.807, 2.05) is 0 Å². The van der Waals surface area contributed by atoms with E-state index in [9.17, 15) is 13.2 Å². The Bertz CT molecular complexity index is 491. The minimum Gasteiger partial charge on any atom is -0.395 e. The Labute approximate surface area is 195 Å². The minimum atomic E-state index is -3.99. The van der Waals surface area contributed by atoms with Crippen LogP contribution in [-0.4, -0.2) is 60.9 Å². The van der Waals surface area contributed by atoms with Gasteiger partial charge >= 0.3 is 16.1 Å². The molecule has 5 nitrogen and oxygen atoms in total. The molecular weight excluding hydrogens is 387 g/mol. The molecule has 161 valence electrons. The van der Waals surface area contributed by atoms with Crippen LogP contribution in [0.5, 0.6) is 0 Å². The van der Waals surface area contributed by atoms with Crippen LogP contribution < -0.4 is 0 Å². The van der Waals surface area contributed by atoms with E-state index in [1.54, 1.807) is 0 Å². The molecule has 1 N–H and O–H groups in total. The summed E-state index contributed by atoms with van der Waals surface area (Å²) in [6.45, 7) is 3.00. The third-order valence-corrected chi connectivity index (χ3v) is 6.15. The average molecular weight is 428 g/mol. The van der Waals surface area contributed by atoms with E-state index in [2.05, 4.69) is 23.3 Å². The Kier molecular flexibility index (Phi) is 22.1. The van der Waals surface area contributed by atoms with Crippen LogP contribution in [0.3, 0.4) is 0 Å². The normalized spacial score (nSPS) is 12.7. The van der Waals surface area contributed by atoms with Gasteiger partial charge in [0.05, 0.1) is 6.61 Å². The molecule has 0 heterocycles. The number of carbonyl (C=O) groups excluding carboxylic acids is 1. The zero-order chi connectivity index (χ0) is 20.4. The molecule has 0 aliphatic carbocycles. The zero-order valence-electron chi connectivity index (χ0n) is 18.3. The van der Waals surface area contributed by atoms with Gasteiger partial charge in [0.15, 0.2) is 0 Å². The van der Waals surface area contributed by atoms with Gasteiger partial charge in [-0.2, -0.15) is 8.42 Å². The summed E-state index contributed by atoms with van der Waals surface area (Å²) in [5.41, 5.74) is 0. The summed E-state index contributed by atoms with van der Waals surface area (Å²) in [5.74, 6) is -0.729. The molecule has 0 aromatic heterocycles. The van der Waals surface area contributed by atoms with Gasteiger partial charge in [0.1, 0.15) is 5.25 Å². The third-order valence-electron chi connectivity index (χ3n) is 4.60. The summed E-state index contributed by atoms with van der Waals surface area (Å²) in [6.07, 6.45) is 19.8. The van der Waals surface area contributed by atoms with Gasteiger partial charge in [0.2, 0.25) is 0 Å². The van der Waals surface area contributed by atoms with Crippen molar-refractivity contribution in [3.05, 3.63) is 12.2 Å². The van der Waals surface area contributed by atoms with Gasteiger partial charge in [-0.05, 0) is 39.0 Å². The fraction of sp³-hybridized carbons (Fsp3) is 0.857. The van der Waals surface area contributed by atoms with Gasteiger partial charge in [-0.3, -0.25) is 4.79 Å². The van der Waals surface area contributed by atoms with Crippen molar-refractivity contribution in [2.45, 2.75) is 109 Å². The Morgan fingerprint density at radius 1 is 0.893 bits per heavy atom. The molecule has 0 spiro atoms. The molecule has 0 bridgehead atoms. The second-order valence-corrected chi connectivity index (χ2v) is 9.23. The van der Waals surface area contributed by atoms with Crippen LogP contribution in [0, 0.1) is 0 Å². The van der Waals surface area contributed by atoms with Crippen LogP contribution in [0.2, 0.25) is 0 Å². The molecule has 0 saturated carbocycles. The second kappa shape index (κ2) is 20.4. The van der Waals surface area contributed by atoms with Crippen LogP contribution in [-0.2, 0) is 19.1 Å². The molecule has 7 heteroatoms. The number of rotatable bonds is 18. The van der Waals surface area contributed by atoms with Crippen molar-refractivity contribution in [2.24, 2.45) is 0 Å². The molecule has 0 aliphatic rings. The molecule has 0 aliphatic heterocycles. The first kappa shape index (κ1) is 30.3. The smallest absolute Gasteiger partial charge is 0.322 e. The van der Waals surface area contributed by atoms with Gasteiger partial charge in [-0.1, -0.05) is 70.4 Å². The largest absolute Gasteiger partial charge is 0.395 e. The average Bonchev–Trinajstić information content (AvgIpc) is 2.63. The maximum atomic E-state index is 11.5. The Balaban J connectivity index is 0. The zero-order valence-corrected chi connectivity index (χ0v) is 21.1. The molecule has 1 radical (unpaired) electrons. The van der Waals surface area contributed by atoms with Crippen molar-refractivity contribution in [1.82, 2.24) is 0 Å². The Morgan fingerprint density at radius 2 is 1.36 bits per heavy atom. The summed E-state index contributed by atoms with van der Waals surface area (Å²) in [6, 6.07) is 0. The van der Waals surface area contributed by atoms with E-state index >= 15 is 0 Å². The number of hydrogen-bond donors (Lipinski definition) is 1. The predicted octanol–water partition coefficient (Wildman–Crippen LogP) is 4.90. The first-order valence-electron chi connectivity index (χ1n) is 10.7. The van der Waals surface area contributed by atoms with Crippen LogP contribution in [0.15, 0.2) is 12.2 Å². The van der Waals surface area contributed by atoms with Crippen LogP contribution in [0.4, 0.5) is 0 Å². The van der Waals surface area contributed by atoms with Crippen molar-refractivity contribution in [3.63, 3.8) is 0 Å². The molecule has 0 aromatic rings. The number of aliphatic hydroxyl groups is 1. The summed E-state index contributed by atoms with van der Waals surface area (Å²) < 4.78 is 27.5. The second-order valence-electron chi connectivity index (χ2n) is 7.28. The molecule has 1 unspecified atom stereocenters. The number of aliphatic hydroxyl groups excluding tert-OH is 1.